The van der Waals surface area contributed by atoms with Gasteiger partial charge in [0, 0.05) is 20.1 Å². The van der Waals surface area contributed by atoms with Crippen molar-refractivity contribution in [1.29, 1.82) is 0 Å². The molecule has 2 unspecified atom stereocenters. The number of piperidine rings is 1. The molecule has 17 heavy (non-hydrogen) atoms. The Balaban J connectivity index is 2.48. The Morgan fingerprint density at radius 2 is 2.18 bits per heavy atom. The Kier molecular flexibility index (Phi) is 4.93. The van der Waals surface area contributed by atoms with Gasteiger partial charge in [-0.3, -0.25) is 9.59 Å². The van der Waals surface area contributed by atoms with E-state index in [-0.39, 0.29) is 18.4 Å². The van der Waals surface area contributed by atoms with Crippen LogP contribution in [-0.4, -0.2) is 60.5 Å². The van der Waals surface area contributed by atoms with E-state index >= 15 is 0 Å². The molecule has 1 N–H and O–H groups in total. The van der Waals surface area contributed by atoms with Crippen LogP contribution in [0.1, 0.15) is 19.8 Å². The quantitative estimate of drug-likeness (QED) is 0.780. The number of likely N-dealkylation sites (tertiary alicyclic amines) is 1. The van der Waals surface area contributed by atoms with Crippen LogP contribution in [0.4, 0.5) is 0 Å². The molecule has 1 aliphatic rings. The van der Waals surface area contributed by atoms with Gasteiger partial charge in [-0.25, -0.2) is 0 Å². The second kappa shape index (κ2) is 6.00. The summed E-state index contributed by atoms with van der Waals surface area (Å²) < 4.78 is 0. The lowest BCUT2D eigenvalue weighted by molar-refractivity contribution is -0.143. The highest BCUT2D eigenvalue weighted by Gasteiger charge is 2.27. The van der Waals surface area contributed by atoms with Gasteiger partial charge in [-0.15, -0.1) is 0 Å². The molecule has 1 rings (SSSR count). The second-order valence-electron chi connectivity index (χ2n) is 5.06. The Morgan fingerprint density at radius 1 is 1.53 bits per heavy atom. The van der Waals surface area contributed by atoms with Crippen molar-refractivity contribution < 1.29 is 14.7 Å². The van der Waals surface area contributed by atoms with E-state index in [1.165, 1.54) is 0 Å². The fourth-order valence-corrected chi connectivity index (χ4v) is 2.26. The topological polar surface area (TPSA) is 60.9 Å². The molecular weight excluding hydrogens is 220 g/mol. The number of carboxylic acid groups (broad SMARTS) is 1. The normalized spacial score (nSPS) is 23.1. The number of hydrogen-bond donors (Lipinski definition) is 1. The van der Waals surface area contributed by atoms with Crippen molar-refractivity contribution in [2.75, 3.05) is 33.7 Å². The predicted octanol–water partition coefficient (Wildman–Crippen LogP) is 0.507. The molecule has 1 amide bonds. The van der Waals surface area contributed by atoms with E-state index in [0.717, 1.165) is 25.9 Å². The third kappa shape index (κ3) is 4.00. The van der Waals surface area contributed by atoms with Crippen LogP contribution in [0, 0.1) is 11.8 Å². The van der Waals surface area contributed by atoms with Crippen molar-refractivity contribution in [2.45, 2.75) is 19.8 Å². The minimum Gasteiger partial charge on any atom is -0.481 e. The molecule has 1 heterocycles. The van der Waals surface area contributed by atoms with E-state index in [4.69, 9.17) is 5.11 Å². The monoisotopic (exact) mass is 242 g/mol. The fraction of sp³-hybridized carbons (Fsp3) is 0.833. The molecule has 0 aromatic carbocycles. The van der Waals surface area contributed by atoms with E-state index in [0.29, 0.717) is 0 Å². The maximum absolute atomic E-state index is 12.1. The molecule has 0 aliphatic carbocycles. The molecule has 5 nitrogen and oxygen atoms in total. The van der Waals surface area contributed by atoms with Crippen molar-refractivity contribution in [1.82, 2.24) is 9.80 Å². The van der Waals surface area contributed by atoms with Crippen molar-refractivity contribution in [3.05, 3.63) is 0 Å². The molecule has 0 aromatic rings. The first-order valence-corrected chi connectivity index (χ1v) is 6.08. The first kappa shape index (κ1) is 14.0. The zero-order chi connectivity index (χ0) is 13.0. The van der Waals surface area contributed by atoms with Crippen molar-refractivity contribution >= 4 is 11.9 Å². The number of rotatable bonds is 4. The maximum Gasteiger partial charge on any atom is 0.308 e. The third-order valence-corrected chi connectivity index (χ3v) is 3.32. The summed E-state index contributed by atoms with van der Waals surface area (Å²) in [6, 6.07) is 0. The van der Waals surface area contributed by atoms with Crippen LogP contribution in [0.3, 0.4) is 0 Å². The van der Waals surface area contributed by atoms with Crippen molar-refractivity contribution in [2.24, 2.45) is 11.8 Å². The molecular formula is C12H22N2O3. The number of carbonyl (C=O) groups is 2. The standard InChI is InChI=1S/C12H22N2O3/c1-9(12(16)17)7-14(3)11(15)10-5-4-6-13(2)8-10/h9-10H,4-8H2,1-3H3,(H,16,17). The van der Waals surface area contributed by atoms with Gasteiger partial charge in [0.15, 0.2) is 0 Å². The predicted molar refractivity (Wildman–Crippen MR) is 64.7 cm³/mol. The van der Waals surface area contributed by atoms with E-state index in [2.05, 4.69) is 4.90 Å². The van der Waals surface area contributed by atoms with Gasteiger partial charge in [-0.05, 0) is 26.4 Å². The summed E-state index contributed by atoms with van der Waals surface area (Å²) in [5.41, 5.74) is 0. The van der Waals surface area contributed by atoms with Gasteiger partial charge in [0.25, 0.3) is 0 Å². The first-order chi connectivity index (χ1) is 7.91. The van der Waals surface area contributed by atoms with Gasteiger partial charge < -0.3 is 14.9 Å². The average Bonchev–Trinajstić information content (AvgIpc) is 2.27. The number of carboxylic acids is 1. The molecule has 2 atom stereocenters. The molecule has 0 radical (unpaired) electrons. The number of carbonyl (C=O) groups excluding carboxylic acids is 1. The molecule has 0 saturated carbocycles. The van der Waals surface area contributed by atoms with Gasteiger partial charge in [0.1, 0.15) is 0 Å². The van der Waals surface area contributed by atoms with Gasteiger partial charge in [-0.1, -0.05) is 6.92 Å². The number of amides is 1. The van der Waals surface area contributed by atoms with E-state index < -0.39 is 11.9 Å². The molecule has 1 aliphatic heterocycles. The molecule has 5 heteroatoms. The SMILES string of the molecule is CC(CN(C)C(=O)C1CCCN(C)C1)C(=O)O. The van der Waals surface area contributed by atoms with Crippen LogP contribution in [-0.2, 0) is 9.59 Å². The summed E-state index contributed by atoms with van der Waals surface area (Å²) in [6.45, 7) is 3.73. The van der Waals surface area contributed by atoms with Crippen LogP contribution in [0.15, 0.2) is 0 Å². The van der Waals surface area contributed by atoms with Gasteiger partial charge in [-0.2, -0.15) is 0 Å². The summed E-state index contributed by atoms with van der Waals surface area (Å²) in [6.07, 6.45) is 1.95. The van der Waals surface area contributed by atoms with E-state index in [1.54, 1.807) is 18.9 Å². The highest BCUT2D eigenvalue weighted by Crippen LogP contribution is 2.17. The molecule has 1 saturated heterocycles. The Bertz CT molecular complexity index is 293. The lowest BCUT2D eigenvalue weighted by Crippen LogP contribution is -2.43. The van der Waals surface area contributed by atoms with Crippen LogP contribution < -0.4 is 0 Å². The van der Waals surface area contributed by atoms with Crippen LogP contribution in [0.25, 0.3) is 0 Å². The number of aliphatic carboxylic acids is 1. The largest absolute Gasteiger partial charge is 0.481 e. The van der Waals surface area contributed by atoms with Crippen LogP contribution >= 0.6 is 0 Å². The van der Waals surface area contributed by atoms with Crippen LogP contribution in [0.5, 0.6) is 0 Å². The van der Waals surface area contributed by atoms with Crippen molar-refractivity contribution in [3.63, 3.8) is 0 Å². The second-order valence-corrected chi connectivity index (χ2v) is 5.06. The summed E-state index contributed by atoms with van der Waals surface area (Å²) >= 11 is 0. The lowest BCUT2D eigenvalue weighted by Gasteiger charge is -2.32. The Morgan fingerprint density at radius 3 is 2.71 bits per heavy atom. The maximum atomic E-state index is 12.1. The highest BCUT2D eigenvalue weighted by molar-refractivity contribution is 5.79. The summed E-state index contributed by atoms with van der Waals surface area (Å²) in [5, 5.41) is 8.82. The van der Waals surface area contributed by atoms with Crippen molar-refractivity contribution in [3.8, 4) is 0 Å². The molecule has 1 fully saturated rings. The summed E-state index contributed by atoms with van der Waals surface area (Å²) in [5.74, 6) is -1.26. The summed E-state index contributed by atoms with van der Waals surface area (Å²) in [7, 11) is 3.70. The molecule has 0 aromatic heterocycles. The molecule has 0 bridgehead atoms. The van der Waals surface area contributed by atoms with Crippen LogP contribution in [0.2, 0.25) is 0 Å². The summed E-state index contributed by atoms with van der Waals surface area (Å²) in [4.78, 5) is 26.6. The Hall–Kier alpha value is -1.10. The van der Waals surface area contributed by atoms with E-state index in [9.17, 15) is 9.59 Å². The fourth-order valence-electron chi connectivity index (χ4n) is 2.26. The first-order valence-electron chi connectivity index (χ1n) is 6.08. The van der Waals surface area contributed by atoms with E-state index in [1.807, 2.05) is 7.05 Å². The zero-order valence-corrected chi connectivity index (χ0v) is 10.8. The molecule has 98 valence electrons. The minimum absolute atomic E-state index is 0.0275. The molecule has 0 spiro atoms. The highest BCUT2D eigenvalue weighted by atomic mass is 16.4. The zero-order valence-electron chi connectivity index (χ0n) is 10.8. The number of hydrogen-bond acceptors (Lipinski definition) is 3. The van der Waals surface area contributed by atoms with Gasteiger partial charge in [0.2, 0.25) is 5.91 Å². The lowest BCUT2D eigenvalue weighted by atomic mass is 9.96. The average molecular weight is 242 g/mol. The van der Waals surface area contributed by atoms with Gasteiger partial charge in [0.05, 0.1) is 11.8 Å². The minimum atomic E-state index is -0.856. The Labute approximate surface area is 102 Å². The smallest absolute Gasteiger partial charge is 0.308 e. The number of nitrogens with zero attached hydrogens (tertiary/aromatic N) is 2. The third-order valence-electron chi connectivity index (χ3n) is 3.32. The van der Waals surface area contributed by atoms with Gasteiger partial charge >= 0.3 is 5.97 Å².